The zero-order valence-corrected chi connectivity index (χ0v) is 12.2. The molecule has 1 aliphatic rings. The first kappa shape index (κ1) is 13.6. The van der Waals surface area contributed by atoms with E-state index < -0.39 is 6.10 Å². The van der Waals surface area contributed by atoms with Gasteiger partial charge in [0.15, 0.2) is 0 Å². The number of benzene rings is 2. The Morgan fingerprint density at radius 3 is 2.85 bits per heavy atom. The molecule has 0 aromatic heterocycles. The summed E-state index contributed by atoms with van der Waals surface area (Å²) >= 11 is 0. The van der Waals surface area contributed by atoms with Crippen LogP contribution in [0.5, 0.6) is 0 Å². The second kappa shape index (κ2) is 5.55. The van der Waals surface area contributed by atoms with E-state index >= 15 is 0 Å². The lowest BCUT2D eigenvalue weighted by atomic mass is 9.85. The number of aliphatic hydroxyl groups excluding tert-OH is 1. The Morgan fingerprint density at radius 1 is 1.25 bits per heavy atom. The second-order valence-corrected chi connectivity index (χ2v) is 5.73. The Hall–Kier alpha value is -1.38. The minimum absolute atomic E-state index is 0.184. The Labute approximate surface area is 120 Å². The van der Waals surface area contributed by atoms with E-state index in [1.807, 2.05) is 12.1 Å². The van der Waals surface area contributed by atoms with Crippen LogP contribution >= 0.6 is 0 Å². The lowest BCUT2D eigenvalue weighted by Crippen LogP contribution is -2.22. The minimum Gasteiger partial charge on any atom is -0.388 e. The van der Waals surface area contributed by atoms with Gasteiger partial charge in [0, 0.05) is 12.5 Å². The molecule has 1 saturated heterocycles. The molecule has 1 fully saturated rings. The topological polar surface area (TPSA) is 29.5 Å². The van der Waals surface area contributed by atoms with Crippen LogP contribution in [0.4, 0.5) is 0 Å². The van der Waals surface area contributed by atoms with Gasteiger partial charge in [0.1, 0.15) is 0 Å². The maximum atomic E-state index is 10.9. The molecule has 1 heterocycles. The molecule has 2 nitrogen and oxygen atoms in total. The first-order valence-electron chi connectivity index (χ1n) is 7.50. The van der Waals surface area contributed by atoms with Crippen LogP contribution in [0.15, 0.2) is 36.4 Å². The van der Waals surface area contributed by atoms with Crippen LogP contribution in [0.3, 0.4) is 0 Å². The molecule has 2 heteroatoms. The molecule has 0 bridgehead atoms. The van der Waals surface area contributed by atoms with Gasteiger partial charge in [-0.25, -0.2) is 0 Å². The number of hydrogen-bond donors (Lipinski definition) is 1. The van der Waals surface area contributed by atoms with Gasteiger partial charge in [-0.15, -0.1) is 0 Å². The lowest BCUT2D eigenvalue weighted by molar-refractivity contribution is 0.0311. The van der Waals surface area contributed by atoms with Gasteiger partial charge in [-0.3, -0.25) is 0 Å². The standard InChI is InChI=1S/C18H22O2/c1-3-16-15(10-11-20-16)18(19)17-12(2)8-9-13-6-4-5-7-14(13)17/h4-9,15-16,18-19H,3,10-11H2,1-2H3. The Bertz CT molecular complexity index is 605. The number of hydrogen-bond acceptors (Lipinski definition) is 2. The van der Waals surface area contributed by atoms with E-state index in [-0.39, 0.29) is 12.0 Å². The molecule has 2 aromatic carbocycles. The maximum absolute atomic E-state index is 10.9. The van der Waals surface area contributed by atoms with Gasteiger partial charge in [-0.1, -0.05) is 43.3 Å². The largest absolute Gasteiger partial charge is 0.388 e. The van der Waals surface area contributed by atoms with Crippen LogP contribution in [0.1, 0.15) is 37.0 Å². The summed E-state index contributed by atoms with van der Waals surface area (Å²) in [5, 5.41) is 13.3. The molecule has 0 saturated carbocycles. The van der Waals surface area contributed by atoms with Crippen LogP contribution in [0, 0.1) is 12.8 Å². The number of rotatable bonds is 3. The molecule has 3 unspecified atom stereocenters. The van der Waals surface area contributed by atoms with E-state index in [2.05, 4.69) is 38.1 Å². The van der Waals surface area contributed by atoms with Crippen molar-refractivity contribution >= 4 is 10.8 Å². The fraction of sp³-hybridized carbons (Fsp3) is 0.444. The van der Waals surface area contributed by atoms with Crippen molar-refractivity contribution in [3.8, 4) is 0 Å². The van der Waals surface area contributed by atoms with Crippen LogP contribution < -0.4 is 0 Å². The first-order valence-corrected chi connectivity index (χ1v) is 7.50. The van der Waals surface area contributed by atoms with Crippen molar-refractivity contribution in [3.63, 3.8) is 0 Å². The van der Waals surface area contributed by atoms with E-state index in [4.69, 9.17) is 4.74 Å². The lowest BCUT2D eigenvalue weighted by Gasteiger charge is -2.25. The summed E-state index contributed by atoms with van der Waals surface area (Å²) in [6.07, 6.45) is 1.66. The van der Waals surface area contributed by atoms with Gasteiger partial charge in [-0.05, 0) is 41.7 Å². The van der Waals surface area contributed by atoms with Crippen LogP contribution in [0.2, 0.25) is 0 Å². The summed E-state index contributed by atoms with van der Waals surface area (Å²) in [4.78, 5) is 0. The van der Waals surface area contributed by atoms with Crippen molar-refractivity contribution in [1.82, 2.24) is 0 Å². The van der Waals surface area contributed by atoms with E-state index in [1.54, 1.807) is 0 Å². The Balaban J connectivity index is 2.06. The number of ether oxygens (including phenoxy) is 1. The van der Waals surface area contributed by atoms with Gasteiger partial charge < -0.3 is 9.84 Å². The van der Waals surface area contributed by atoms with E-state index in [0.717, 1.165) is 30.6 Å². The summed E-state index contributed by atoms with van der Waals surface area (Å²) in [5.41, 5.74) is 2.25. The minimum atomic E-state index is -0.437. The molecule has 0 amide bonds. The fourth-order valence-electron chi connectivity index (χ4n) is 3.46. The average Bonchev–Trinajstić information content (AvgIpc) is 2.95. The summed E-state index contributed by atoms with van der Waals surface area (Å²) in [5.74, 6) is 0.213. The van der Waals surface area contributed by atoms with Crippen molar-refractivity contribution in [3.05, 3.63) is 47.5 Å². The van der Waals surface area contributed by atoms with Gasteiger partial charge in [0.05, 0.1) is 12.2 Å². The molecule has 3 atom stereocenters. The molecule has 0 radical (unpaired) electrons. The van der Waals surface area contributed by atoms with Crippen LogP contribution in [-0.2, 0) is 4.74 Å². The highest BCUT2D eigenvalue weighted by molar-refractivity contribution is 5.87. The highest BCUT2D eigenvalue weighted by Crippen LogP contribution is 2.38. The number of aryl methyl sites for hydroxylation is 1. The quantitative estimate of drug-likeness (QED) is 0.913. The molecule has 1 N–H and O–H groups in total. The van der Waals surface area contributed by atoms with Crippen molar-refractivity contribution < 1.29 is 9.84 Å². The third kappa shape index (κ3) is 2.23. The zero-order chi connectivity index (χ0) is 14.1. The zero-order valence-electron chi connectivity index (χ0n) is 12.2. The van der Waals surface area contributed by atoms with Crippen molar-refractivity contribution in [2.75, 3.05) is 6.61 Å². The normalized spacial score (nSPS) is 24.1. The van der Waals surface area contributed by atoms with Gasteiger partial charge >= 0.3 is 0 Å². The molecule has 3 rings (SSSR count). The number of aliphatic hydroxyl groups is 1. The number of fused-ring (bicyclic) bond motifs is 1. The molecule has 0 spiro atoms. The van der Waals surface area contributed by atoms with Crippen LogP contribution in [0.25, 0.3) is 10.8 Å². The monoisotopic (exact) mass is 270 g/mol. The predicted octanol–water partition coefficient (Wildman–Crippen LogP) is 4.00. The third-order valence-electron chi connectivity index (χ3n) is 4.55. The first-order chi connectivity index (χ1) is 9.72. The summed E-state index contributed by atoms with van der Waals surface area (Å²) in [6.45, 7) is 4.98. The van der Waals surface area contributed by atoms with E-state index in [9.17, 15) is 5.11 Å². The van der Waals surface area contributed by atoms with Gasteiger partial charge in [0.25, 0.3) is 0 Å². The Morgan fingerprint density at radius 2 is 2.05 bits per heavy atom. The molecule has 1 aliphatic heterocycles. The maximum Gasteiger partial charge on any atom is 0.0852 e. The summed E-state index contributed by atoms with van der Waals surface area (Å²) in [6, 6.07) is 12.5. The van der Waals surface area contributed by atoms with Crippen LogP contribution in [-0.4, -0.2) is 17.8 Å². The van der Waals surface area contributed by atoms with Gasteiger partial charge in [-0.2, -0.15) is 0 Å². The molecular formula is C18H22O2. The van der Waals surface area contributed by atoms with E-state index in [1.165, 1.54) is 10.8 Å². The molecule has 0 aliphatic carbocycles. The average molecular weight is 270 g/mol. The third-order valence-corrected chi connectivity index (χ3v) is 4.55. The predicted molar refractivity (Wildman–Crippen MR) is 81.8 cm³/mol. The second-order valence-electron chi connectivity index (χ2n) is 5.73. The van der Waals surface area contributed by atoms with Crippen molar-refractivity contribution in [2.24, 2.45) is 5.92 Å². The van der Waals surface area contributed by atoms with E-state index in [0.29, 0.717) is 0 Å². The van der Waals surface area contributed by atoms with Crippen molar-refractivity contribution in [2.45, 2.75) is 38.9 Å². The summed E-state index contributed by atoms with van der Waals surface area (Å²) < 4.78 is 5.75. The van der Waals surface area contributed by atoms with Crippen molar-refractivity contribution in [1.29, 1.82) is 0 Å². The molecular weight excluding hydrogens is 248 g/mol. The highest BCUT2D eigenvalue weighted by Gasteiger charge is 2.34. The smallest absolute Gasteiger partial charge is 0.0852 e. The highest BCUT2D eigenvalue weighted by atomic mass is 16.5. The fourth-order valence-corrected chi connectivity index (χ4v) is 3.46. The summed E-state index contributed by atoms with van der Waals surface area (Å²) in [7, 11) is 0. The molecule has 20 heavy (non-hydrogen) atoms. The SMILES string of the molecule is CCC1OCCC1C(O)c1c(C)ccc2ccccc12. The Kier molecular flexibility index (Phi) is 3.77. The molecule has 106 valence electrons. The molecule has 2 aromatic rings. The van der Waals surface area contributed by atoms with Gasteiger partial charge in [0.2, 0.25) is 0 Å².